The number of rotatable bonds is 8. The molecule has 0 saturated carbocycles. The Morgan fingerprint density at radius 3 is 2.47 bits per heavy atom. The van der Waals surface area contributed by atoms with Crippen LogP contribution < -0.4 is 5.32 Å². The van der Waals surface area contributed by atoms with Crippen LogP contribution in [0.3, 0.4) is 0 Å². The summed E-state index contributed by atoms with van der Waals surface area (Å²) >= 11 is 0. The Balaban J connectivity index is 2.25. The summed E-state index contributed by atoms with van der Waals surface area (Å²) in [5.74, 6) is 0. The Kier molecular flexibility index (Phi) is 6.49. The maximum absolute atomic E-state index is 10.4. The van der Waals surface area contributed by atoms with Gasteiger partial charge in [0.1, 0.15) is 0 Å². The standard InChI is InChI=1S/C16H28N2O/c1-14(2)18(4)12-8-11-17-13-16(3,19)15-9-6-5-7-10-15/h5-7,9-10,14,17,19H,8,11-13H2,1-4H3. The number of nitrogens with one attached hydrogen (secondary N) is 1. The van der Waals surface area contributed by atoms with Crippen molar-refractivity contribution in [2.45, 2.75) is 38.8 Å². The van der Waals surface area contributed by atoms with E-state index in [2.05, 4.69) is 31.1 Å². The molecule has 0 aromatic heterocycles. The summed E-state index contributed by atoms with van der Waals surface area (Å²) in [7, 11) is 2.14. The first-order valence-corrected chi connectivity index (χ1v) is 7.12. The maximum atomic E-state index is 10.4. The molecule has 2 N–H and O–H groups in total. The number of benzene rings is 1. The van der Waals surface area contributed by atoms with Gasteiger partial charge in [-0.25, -0.2) is 0 Å². The van der Waals surface area contributed by atoms with Gasteiger partial charge >= 0.3 is 0 Å². The van der Waals surface area contributed by atoms with E-state index in [1.165, 1.54) is 0 Å². The average Bonchev–Trinajstić information content (AvgIpc) is 2.39. The van der Waals surface area contributed by atoms with E-state index < -0.39 is 5.60 Å². The highest BCUT2D eigenvalue weighted by molar-refractivity contribution is 5.21. The molecule has 0 aliphatic carbocycles. The molecule has 0 heterocycles. The van der Waals surface area contributed by atoms with Crippen LogP contribution >= 0.6 is 0 Å². The number of hydrogen-bond donors (Lipinski definition) is 2. The van der Waals surface area contributed by atoms with Gasteiger partial charge in [-0.1, -0.05) is 30.3 Å². The topological polar surface area (TPSA) is 35.5 Å². The third-order valence-corrected chi connectivity index (χ3v) is 3.61. The normalized spacial score (nSPS) is 14.9. The van der Waals surface area contributed by atoms with Gasteiger partial charge in [-0.15, -0.1) is 0 Å². The summed E-state index contributed by atoms with van der Waals surface area (Å²) < 4.78 is 0. The third kappa shape index (κ3) is 5.72. The molecule has 1 aromatic carbocycles. The molecule has 1 unspecified atom stereocenters. The molecule has 0 fully saturated rings. The minimum atomic E-state index is -0.800. The molecule has 0 aliphatic rings. The Labute approximate surface area is 117 Å². The second-order valence-corrected chi connectivity index (χ2v) is 5.74. The molecule has 0 saturated heterocycles. The lowest BCUT2D eigenvalue weighted by molar-refractivity contribution is 0.0569. The van der Waals surface area contributed by atoms with Gasteiger partial charge in [-0.2, -0.15) is 0 Å². The van der Waals surface area contributed by atoms with Crippen LogP contribution in [0.2, 0.25) is 0 Å². The molecule has 19 heavy (non-hydrogen) atoms. The van der Waals surface area contributed by atoms with E-state index in [0.29, 0.717) is 12.6 Å². The summed E-state index contributed by atoms with van der Waals surface area (Å²) in [4.78, 5) is 2.33. The molecule has 3 heteroatoms. The highest BCUT2D eigenvalue weighted by atomic mass is 16.3. The van der Waals surface area contributed by atoms with E-state index in [1.54, 1.807) is 0 Å². The summed E-state index contributed by atoms with van der Waals surface area (Å²) in [5.41, 5.74) is 0.160. The molecule has 3 nitrogen and oxygen atoms in total. The quantitative estimate of drug-likeness (QED) is 0.707. The van der Waals surface area contributed by atoms with Gasteiger partial charge in [0.15, 0.2) is 0 Å². The summed E-state index contributed by atoms with van der Waals surface area (Å²) in [6, 6.07) is 10.4. The molecule has 0 spiro atoms. The van der Waals surface area contributed by atoms with Gasteiger partial charge in [0.2, 0.25) is 0 Å². The van der Waals surface area contributed by atoms with E-state index >= 15 is 0 Å². The highest BCUT2D eigenvalue weighted by Gasteiger charge is 2.21. The van der Waals surface area contributed by atoms with Crippen LogP contribution in [-0.4, -0.2) is 42.7 Å². The summed E-state index contributed by atoms with van der Waals surface area (Å²) in [5, 5.41) is 13.8. The zero-order chi connectivity index (χ0) is 14.3. The van der Waals surface area contributed by atoms with Gasteiger partial charge in [-0.05, 0) is 52.9 Å². The summed E-state index contributed by atoms with van der Waals surface area (Å²) in [6.45, 7) is 8.86. The first-order valence-electron chi connectivity index (χ1n) is 7.12. The SMILES string of the molecule is CC(C)N(C)CCCNCC(C)(O)c1ccccc1. The largest absolute Gasteiger partial charge is 0.384 e. The highest BCUT2D eigenvalue weighted by Crippen LogP contribution is 2.18. The predicted molar refractivity (Wildman–Crippen MR) is 81.3 cm³/mol. The van der Waals surface area contributed by atoms with Crippen LogP contribution in [0.4, 0.5) is 0 Å². The Bertz CT molecular complexity index is 349. The van der Waals surface area contributed by atoms with Crippen molar-refractivity contribution < 1.29 is 5.11 Å². The number of hydrogen-bond acceptors (Lipinski definition) is 3. The van der Waals surface area contributed by atoms with E-state index in [9.17, 15) is 5.11 Å². The fourth-order valence-corrected chi connectivity index (χ4v) is 1.94. The van der Waals surface area contributed by atoms with E-state index in [1.807, 2.05) is 37.3 Å². The van der Waals surface area contributed by atoms with Crippen molar-refractivity contribution in [1.82, 2.24) is 10.2 Å². The second-order valence-electron chi connectivity index (χ2n) is 5.74. The minimum Gasteiger partial charge on any atom is -0.384 e. The molecule has 0 aliphatic heterocycles. The lowest BCUT2D eigenvalue weighted by Crippen LogP contribution is -2.37. The van der Waals surface area contributed by atoms with Gasteiger partial charge < -0.3 is 15.3 Å². The van der Waals surface area contributed by atoms with E-state index in [-0.39, 0.29) is 0 Å². The van der Waals surface area contributed by atoms with Gasteiger partial charge in [0.05, 0.1) is 5.60 Å². The van der Waals surface area contributed by atoms with Crippen LogP contribution in [-0.2, 0) is 5.60 Å². The first kappa shape index (κ1) is 16.2. The minimum absolute atomic E-state index is 0.586. The van der Waals surface area contributed by atoms with Crippen LogP contribution in [0.5, 0.6) is 0 Å². The smallest absolute Gasteiger partial charge is 0.0992 e. The average molecular weight is 264 g/mol. The molecule has 0 radical (unpaired) electrons. The lowest BCUT2D eigenvalue weighted by atomic mass is 9.96. The molecule has 1 rings (SSSR count). The number of aliphatic hydroxyl groups is 1. The van der Waals surface area contributed by atoms with Crippen molar-refractivity contribution in [2.75, 3.05) is 26.7 Å². The first-order chi connectivity index (χ1) is 8.93. The monoisotopic (exact) mass is 264 g/mol. The molecule has 1 atom stereocenters. The predicted octanol–water partition coefficient (Wildman–Crippen LogP) is 2.21. The molecule has 0 bridgehead atoms. The van der Waals surface area contributed by atoms with E-state index in [0.717, 1.165) is 25.1 Å². The maximum Gasteiger partial charge on any atom is 0.0992 e. The van der Waals surface area contributed by atoms with Gasteiger partial charge in [0, 0.05) is 12.6 Å². The second kappa shape index (κ2) is 7.63. The molecule has 1 aromatic rings. The Hall–Kier alpha value is -0.900. The van der Waals surface area contributed by atoms with E-state index in [4.69, 9.17) is 0 Å². The Morgan fingerprint density at radius 2 is 1.89 bits per heavy atom. The van der Waals surface area contributed by atoms with Crippen molar-refractivity contribution in [3.05, 3.63) is 35.9 Å². The summed E-state index contributed by atoms with van der Waals surface area (Å²) in [6.07, 6.45) is 1.10. The molecule has 108 valence electrons. The molecule has 0 amide bonds. The Morgan fingerprint density at radius 1 is 1.26 bits per heavy atom. The van der Waals surface area contributed by atoms with Crippen LogP contribution in [0.25, 0.3) is 0 Å². The lowest BCUT2D eigenvalue weighted by Gasteiger charge is -2.25. The fourth-order valence-electron chi connectivity index (χ4n) is 1.94. The number of nitrogens with zero attached hydrogens (tertiary/aromatic N) is 1. The van der Waals surface area contributed by atoms with Crippen molar-refractivity contribution in [2.24, 2.45) is 0 Å². The zero-order valence-electron chi connectivity index (χ0n) is 12.7. The van der Waals surface area contributed by atoms with Crippen LogP contribution in [0.1, 0.15) is 32.8 Å². The van der Waals surface area contributed by atoms with Gasteiger partial charge in [-0.3, -0.25) is 0 Å². The van der Waals surface area contributed by atoms with Crippen LogP contribution in [0, 0.1) is 0 Å². The van der Waals surface area contributed by atoms with Crippen molar-refractivity contribution in [3.63, 3.8) is 0 Å². The molecular weight excluding hydrogens is 236 g/mol. The van der Waals surface area contributed by atoms with Crippen molar-refractivity contribution in [1.29, 1.82) is 0 Å². The van der Waals surface area contributed by atoms with Crippen molar-refractivity contribution >= 4 is 0 Å². The zero-order valence-corrected chi connectivity index (χ0v) is 12.7. The van der Waals surface area contributed by atoms with Gasteiger partial charge in [0.25, 0.3) is 0 Å². The van der Waals surface area contributed by atoms with Crippen molar-refractivity contribution in [3.8, 4) is 0 Å². The molecular formula is C16H28N2O. The third-order valence-electron chi connectivity index (χ3n) is 3.61. The fraction of sp³-hybridized carbons (Fsp3) is 0.625. The van der Waals surface area contributed by atoms with Crippen LogP contribution in [0.15, 0.2) is 30.3 Å².